The van der Waals surface area contributed by atoms with E-state index < -0.39 is 0 Å². The molecule has 708 valence electrons. The van der Waals surface area contributed by atoms with Crippen LogP contribution in [0.1, 0.15) is 62.3 Å². The Hall–Kier alpha value is -14.2. The number of benzene rings is 20. The smallest absolute Gasteiger partial charge is 0.0574 e. The van der Waals surface area contributed by atoms with Gasteiger partial charge in [-0.05, 0) is 255 Å². The topological polar surface area (TPSA) is 40.9 Å². The predicted octanol–water partition coefficient (Wildman–Crippen LogP) is 33.1. The lowest BCUT2D eigenvalue weighted by Crippen LogP contribution is -2.08. The van der Waals surface area contributed by atoms with Crippen molar-refractivity contribution >= 4 is 217 Å². The molecule has 0 aliphatic carbocycles. The molecule has 0 aliphatic rings. The SMILES string of the molecule is CC.CC.CCN(C)C.CCN(C)C.CCN(C)C.CCN(C)C.CCN(C)C.Cn1c2cc3ccccc3cc2c2c3ccccc3c3ccccc3c21.Cn1c2cc3ccccc3cc2c2ccc3ccccc3c21.Cn1c2ccc3ccccc3c2c2c3ccccc3ccc21.Cn1c2ccccc2c2c3ccccc3c3ccccc3c21.Cn1c2ccccc2c2cc3ccccc3cc21. The molecule has 0 saturated heterocycles. The van der Waals surface area contributed by atoms with E-state index in [1.54, 1.807) is 0 Å². The molecule has 25 aromatic rings. The number of hydrogen-bond donors (Lipinski definition) is 0. The van der Waals surface area contributed by atoms with Crippen molar-refractivity contribution in [3.8, 4) is 0 Å². The molecule has 139 heavy (non-hydrogen) atoms. The van der Waals surface area contributed by atoms with Crippen molar-refractivity contribution in [2.45, 2.75) is 62.3 Å². The average Bonchev–Trinajstić information content (AvgIpc) is 1.56. The Balaban J connectivity index is 0.000000130. The second-order valence-corrected chi connectivity index (χ2v) is 36.6. The van der Waals surface area contributed by atoms with Gasteiger partial charge in [-0.25, -0.2) is 0 Å². The van der Waals surface area contributed by atoms with E-state index >= 15 is 0 Å². The molecule has 0 aliphatic heterocycles. The molecule has 0 saturated carbocycles. The molecule has 0 fully saturated rings. The number of nitrogens with zero attached hydrogens (tertiary/aromatic N) is 10. The first kappa shape index (κ1) is 101. The Labute approximate surface area is 823 Å². The second-order valence-electron chi connectivity index (χ2n) is 36.6. The summed E-state index contributed by atoms with van der Waals surface area (Å²) in [5.74, 6) is 0. The summed E-state index contributed by atoms with van der Waals surface area (Å²) < 4.78 is 11.6. The van der Waals surface area contributed by atoms with Gasteiger partial charge in [-0.1, -0.05) is 366 Å². The molecule has 5 aromatic heterocycles. The van der Waals surface area contributed by atoms with Crippen LogP contribution in [0, 0.1) is 0 Å². The maximum absolute atomic E-state index is 2.37. The van der Waals surface area contributed by atoms with Gasteiger partial charge in [0, 0.05) is 144 Å². The normalized spacial score (nSPS) is 11.2. The summed E-state index contributed by atoms with van der Waals surface area (Å²) >= 11 is 0. The summed E-state index contributed by atoms with van der Waals surface area (Å²) in [6.45, 7) is 24.3. The molecule has 10 heteroatoms. The van der Waals surface area contributed by atoms with Crippen LogP contribution in [0.5, 0.6) is 0 Å². The lowest BCUT2D eigenvalue weighted by atomic mass is 9.96. The highest BCUT2D eigenvalue weighted by molar-refractivity contribution is 6.34. The molecule has 0 bridgehead atoms. The number of hydrogen-bond acceptors (Lipinski definition) is 5. The fraction of sp³-hybridized carbons (Fsp3) is 0.225. The molecule has 0 unspecified atom stereocenters. The highest BCUT2D eigenvalue weighted by Gasteiger charge is 2.21. The van der Waals surface area contributed by atoms with Crippen LogP contribution >= 0.6 is 0 Å². The third-order valence-electron chi connectivity index (χ3n) is 27.0. The van der Waals surface area contributed by atoms with Crippen molar-refractivity contribution in [1.29, 1.82) is 0 Å². The van der Waals surface area contributed by atoms with Crippen molar-refractivity contribution in [2.75, 3.05) is 103 Å². The van der Waals surface area contributed by atoms with E-state index in [-0.39, 0.29) is 0 Å². The summed E-state index contributed by atoms with van der Waals surface area (Å²) in [5.41, 5.74) is 13.0. The van der Waals surface area contributed by atoms with Crippen LogP contribution < -0.4 is 0 Å². The van der Waals surface area contributed by atoms with Crippen LogP contribution in [-0.4, -0.2) is 151 Å². The first-order valence-electron chi connectivity index (χ1n) is 49.7. The van der Waals surface area contributed by atoms with E-state index in [1.807, 2.05) is 27.7 Å². The highest BCUT2D eigenvalue weighted by atomic mass is 15.1. The van der Waals surface area contributed by atoms with Crippen molar-refractivity contribution in [3.63, 3.8) is 0 Å². The van der Waals surface area contributed by atoms with Gasteiger partial charge < -0.3 is 47.3 Å². The van der Waals surface area contributed by atoms with Crippen molar-refractivity contribution < 1.29 is 0 Å². The van der Waals surface area contributed by atoms with Crippen molar-refractivity contribution in [2.24, 2.45) is 35.2 Å². The standard InChI is InChI=1S/C25H17N.3C21H15N.C17H13N.5C4H11N.2C2H6/c1-26-23-15-17-9-3-2-8-16(17)14-22(23)24-20-12-6-4-10-18(20)19-11-5-7-13-21(19)25(24)26;1-22-19-13-7-6-12-18(19)20-16-10-4-2-8-14(16)15-9-3-5-11-17(15)21(20)22;1-22-18-12-10-14-6-2-4-8-16(14)20(18)21-17-9-5-3-7-15(17)11-13-19(21)22;1-22-20-13-16-8-3-2-7-15(16)12-19(20)18-11-10-14-6-4-5-9-17(14)21(18)22;1-18-16-9-5-4-8-14(16)15-10-12-6-2-3-7-13(12)11-17(15)18;5*1-4-5(2)3;2*1-2/h2-15H,1H3;3*2-13H,1H3;2-11H,1H3;5*4H2,1-3H3;2*1-2H3. The minimum absolute atomic E-state index is 1.14. The van der Waals surface area contributed by atoms with Gasteiger partial charge in [-0.3, -0.25) is 0 Å². The van der Waals surface area contributed by atoms with Gasteiger partial charge in [0.1, 0.15) is 0 Å². The minimum Gasteiger partial charge on any atom is -0.344 e. The summed E-state index contributed by atoms with van der Waals surface area (Å²) in [6, 6.07) is 131. The van der Waals surface area contributed by atoms with Gasteiger partial charge in [0.15, 0.2) is 0 Å². The van der Waals surface area contributed by atoms with Gasteiger partial charge in [0.25, 0.3) is 0 Å². The molecule has 20 aromatic carbocycles. The van der Waals surface area contributed by atoms with Gasteiger partial charge >= 0.3 is 0 Å². The van der Waals surface area contributed by atoms with E-state index in [9.17, 15) is 0 Å². The fourth-order valence-electron chi connectivity index (χ4n) is 18.7. The number of rotatable bonds is 5. The van der Waals surface area contributed by atoms with Crippen LogP contribution in [-0.2, 0) is 35.2 Å². The van der Waals surface area contributed by atoms with Crippen LogP contribution in [0.25, 0.3) is 217 Å². The Morgan fingerprint density at radius 1 is 0.151 bits per heavy atom. The van der Waals surface area contributed by atoms with Crippen LogP contribution in [0.3, 0.4) is 0 Å². The largest absolute Gasteiger partial charge is 0.344 e. The molecule has 25 rings (SSSR count). The Morgan fingerprint density at radius 2 is 0.367 bits per heavy atom. The molecular formula is C129H142N10. The van der Waals surface area contributed by atoms with E-state index in [4.69, 9.17) is 0 Å². The van der Waals surface area contributed by atoms with Crippen LogP contribution in [0.2, 0.25) is 0 Å². The summed E-state index contributed by atoms with van der Waals surface area (Å²) in [5, 5.41) is 39.8. The molecule has 0 spiro atoms. The highest BCUT2D eigenvalue weighted by Crippen LogP contribution is 2.45. The first-order valence-corrected chi connectivity index (χ1v) is 49.7. The third kappa shape index (κ3) is 21.1. The number of aromatic nitrogens is 5. The van der Waals surface area contributed by atoms with Gasteiger partial charge in [0.2, 0.25) is 0 Å². The summed E-state index contributed by atoms with van der Waals surface area (Å²) in [6.07, 6.45) is 0. The molecule has 0 atom stereocenters. The van der Waals surface area contributed by atoms with Gasteiger partial charge in [-0.15, -0.1) is 0 Å². The number of para-hydroxylation sites is 2. The Morgan fingerprint density at radius 3 is 0.741 bits per heavy atom. The quantitative estimate of drug-likeness (QED) is 0.161. The summed E-state index contributed by atoms with van der Waals surface area (Å²) in [4.78, 5) is 10.6. The zero-order valence-electron chi connectivity index (χ0n) is 86.6. The van der Waals surface area contributed by atoms with Crippen LogP contribution in [0.4, 0.5) is 0 Å². The lowest BCUT2D eigenvalue weighted by molar-refractivity contribution is 0.434. The van der Waals surface area contributed by atoms with Crippen molar-refractivity contribution in [3.05, 3.63) is 364 Å². The maximum atomic E-state index is 2.37. The molecule has 0 radical (unpaired) electrons. The lowest BCUT2D eigenvalue weighted by Gasteiger charge is -2.08. The Kier molecular flexibility index (Phi) is 33.6. The molecule has 0 amide bonds. The molecule has 10 nitrogen and oxygen atoms in total. The average molecular weight is 1830 g/mol. The van der Waals surface area contributed by atoms with E-state index in [0.717, 1.165) is 32.7 Å². The first-order chi connectivity index (χ1) is 67.6. The number of aryl methyl sites for hydroxylation is 5. The Bertz CT molecular complexity index is 8400. The van der Waals surface area contributed by atoms with E-state index in [0.29, 0.717) is 0 Å². The van der Waals surface area contributed by atoms with Gasteiger partial charge in [-0.2, -0.15) is 0 Å². The van der Waals surface area contributed by atoms with Gasteiger partial charge in [0.05, 0.1) is 16.6 Å². The predicted molar refractivity (Wildman–Crippen MR) is 621 cm³/mol. The zero-order chi connectivity index (χ0) is 98.8. The van der Waals surface area contributed by atoms with E-state index in [2.05, 4.69) is 552 Å². The van der Waals surface area contributed by atoms with Crippen molar-refractivity contribution in [1.82, 2.24) is 47.3 Å². The van der Waals surface area contributed by atoms with Crippen LogP contribution in [0.15, 0.2) is 364 Å². The molecular weight excluding hydrogens is 1690 g/mol. The minimum atomic E-state index is 1.14. The molecule has 0 N–H and O–H groups in total. The summed E-state index contributed by atoms with van der Waals surface area (Å²) in [7, 11) is 31.4. The maximum Gasteiger partial charge on any atom is 0.0574 e. The molecule has 5 heterocycles. The third-order valence-corrected chi connectivity index (χ3v) is 27.0. The monoisotopic (exact) mass is 1830 g/mol. The zero-order valence-corrected chi connectivity index (χ0v) is 86.6. The number of fused-ring (bicyclic) bond motifs is 34. The fourth-order valence-corrected chi connectivity index (χ4v) is 18.7. The second kappa shape index (κ2) is 46.3. The van der Waals surface area contributed by atoms with E-state index in [1.165, 1.54) is 217 Å².